The van der Waals surface area contributed by atoms with Crippen LogP contribution in [0.4, 0.5) is 0 Å². The van der Waals surface area contributed by atoms with Crippen LogP contribution >= 0.6 is 11.3 Å². The van der Waals surface area contributed by atoms with Gasteiger partial charge in [-0.3, -0.25) is 4.68 Å². The van der Waals surface area contributed by atoms with Crippen molar-refractivity contribution >= 4 is 11.3 Å². The number of rotatable bonds is 5. The monoisotopic (exact) mass is 265 g/mol. The fourth-order valence-electron chi connectivity index (χ4n) is 2.11. The van der Waals surface area contributed by atoms with Crippen LogP contribution in [-0.2, 0) is 13.0 Å². The average molecular weight is 265 g/mol. The third-order valence-electron chi connectivity index (χ3n) is 2.95. The van der Waals surface area contributed by atoms with Crippen LogP contribution in [0.1, 0.15) is 40.6 Å². The number of aliphatic hydroxyl groups excluding tert-OH is 1. The highest BCUT2D eigenvalue weighted by atomic mass is 32.1. The van der Waals surface area contributed by atoms with Gasteiger partial charge in [0, 0.05) is 22.7 Å². The number of hydrogen-bond donors (Lipinski definition) is 1. The molecule has 0 amide bonds. The van der Waals surface area contributed by atoms with Gasteiger partial charge < -0.3 is 5.11 Å². The number of thiophene rings is 1. The first kappa shape index (κ1) is 13.2. The van der Waals surface area contributed by atoms with E-state index in [9.17, 15) is 5.11 Å². The number of nitrogens with zero attached hydrogens (tertiary/aromatic N) is 3. The first-order valence-corrected chi connectivity index (χ1v) is 7.05. The first-order valence-electron chi connectivity index (χ1n) is 6.23. The minimum Gasteiger partial charge on any atom is -0.388 e. The molecule has 1 atom stereocenters. The number of aromatic nitrogens is 3. The van der Waals surface area contributed by atoms with E-state index in [4.69, 9.17) is 0 Å². The molecule has 0 spiro atoms. The van der Waals surface area contributed by atoms with Crippen molar-refractivity contribution in [3.05, 3.63) is 33.5 Å². The Balaban J connectivity index is 2.13. The van der Waals surface area contributed by atoms with E-state index in [1.807, 2.05) is 11.6 Å². The molecule has 0 fully saturated rings. The maximum Gasteiger partial charge on any atom is 0.138 e. The summed E-state index contributed by atoms with van der Waals surface area (Å²) < 4.78 is 1.87. The Bertz CT molecular complexity index is 518. The third kappa shape index (κ3) is 2.79. The van der Waals surface area contributed by atoms with Crippen LogP contribution in [0.3, 0.4) is 0 Å². The SMILES string of the molecule is CCCn1ncnc1CC(O)c1cc(C)sc1C. The van der Waals surface area contributed by atoms with Crippen molar-refractivity contribution in [2.24, 2.45) is 0 Å². The van der Waals surface area contributed by atoms with Gasteiger partial charge in [0.1, 0.15) is 12.2 Å². The average Bonchev–Trinajstić information content (AvgIpc) is 2.87. The molecule has 0 bridgehead atoms. The zero-order chi connectivity index (χ0) is 13.1. The van der Waals surface area contributed by atoms with Gasteiger partial charge >= 0.3 is 0 Å². The predicted octanol–water partition coefficient (Wildman–Crippen LogP) is 2.64. The van der Waals surface area contributed by atoms with Crippen LogP contribution < -0.4 is 0 Å². The molecule has 2 heterocycles. The van der Waals surface area contributed by atoms with E-state index in [0.717, 1.165) is 24.4 Å². The zero-order valence-corrected chi connectivity index (χ0v) is 11.9. The molecule has 18 heavy (non-hydrogen) atoms. The van der Waals surface area contributed by atoms with Gasteiger partial charge in [0.25, 0.3) is 0 Å². The third-order valence-corrected chi connectivity index (χ3v) is 3.93. The summed E-state index contributed by atoms with van der Waals surface area (Å²) in [4.78, 5) is 6.65. The Kier molecular flexibility index (Phi) is 4.14. The van der Waals surface area contributed by atoms with E-state index in [1.54, 1.807) is 17.7 Å². The van der Waals surface area contributed by atoms with Crippen LogP contribution in [0.15, 0.2) is 12.4 Å². The zero-order valence-electron chi connectivity index (χ0n) is 11.1. The summed E-state index contributed by atoms with van der Waals surface area (Å²) in [5.74, 6) is 0.854. The van der Waals surface area contributed by atoms with Crippen LogP contribution in [-0.4, -0.2) is 19.9 Å². The molecule has 0 radical (unpaired) electrons. The lowest BCUT2D eigenvalue weighted by atomic mass is 10.1. The molecule has 0 aliphatic heterocycles. The van der Waals surface area contributed by atoms with E-state index >= 15 is 0 Å². The van der Waals surface area contributed by atoms with E-state index in [0.29, 0.717) is 6.42 Å². The molecule has 0 aromatic carbocycles. The Morgan fingerprint density at radius 2 is 2.22 bits per heavy atom. The second-order valence-electron chi connectivity index (χ2n) is 4.49. The molecule has 0 aliphatic carbocycles. The normalized spacial score (nSPS) is 12.9. The van der Waals surface area contributed by atoms with Crippen LogP contribution in [0.25, 0.3) is 0 Å². The Hall–Kier alpha value is -1.20. The van der Waals surface area contributed by atoms with Crippen LogP contribution in [0, 0.1) is 13.8 Å². The molecular formula is C13H19N3OS. The molecule has 0 aliphatic rings. The van der Waals surface area contributed by atoms with Crippen molar-refractivity contribution in [1.82, 2.24) is 14.8 Å². The van der Waals surface area contributed by atoms with E-state index in [1.165, 1.54) is 9.75 Å². The molecular weight excluding hydrogens is 246 g/mol. The van der Waals surface area contributed by atoms with Gasteiger partial charge in [-0.15, -0.1) is 11.3 Å². The maximum atomic E-state index is 10.3. The standard InChI is InChI=1S/C13H19N3OS/c1-4-5-16-13(14-8-15-16)7-12(17)11-6-9(2)18-10(11)3/h6,8,12,17H,4-5,7H2,1-3H3. The van der Waals surface area contributed by atoms with Crippen molar-refractivity contribution in [3.8, 4) is 0 Å². The van der Waals surface area contributed by atoms with Crippen LogP contribution in [0.2, 0.25) is 0 Å². The number of aliphatic hydroxyl groups is 1. The summed E-state index contributed by atoms with van der Waals surface area (Å²) in [5.41, 5.74) is 1.02. The van der Waals surface area contributed by atoms with Crippen molar-refractivity contribution in [3.63, 3.8) is 0 Å². The molecule has 1 N–H and O–H groups in total. The van der Waals surface area contributed by atoms with Crippen LogP contribution in [0.5, 0.6) is 0 Å². The minimum atomic E-state index is -0.491. The van der Waals surface area contributed by atoms with Gasteiger partial charge in [0.2, 0.25) is 0 Å². The van der Waals surface area contributed by atoms with Gasteiger partial charge in [-0.2, -0.15) is 5.10 Å². The first-order chi connectivity index (χ1) is 8.61. The highest BCUT2D eigenvalue weighted by Gasteiger charge is 2.16. The lowest BCUT2D eigenvalue weighted by molar-refractivity contribution is 0.173. The maximum absolute atomic E-state index is 10.3. The van der Waals surface area contributed by atoms with Crippen molar-refractivity contribution in [2.45, 2.75) is 46.3 Å². The molecule has 2 aromatic rings. The van der Waals surface area contributed by atoms with Gasteiger partial charge in [0.15, 0.2) is 0 Å². The van der Waals surface area contributed by atoms with Gasteiger partial charge in [0.05, 0.1) is 6.10 Å². The Morgan fingerprint density at radius 3 is 2.83 bits per heavy atom. The van der Waals surface area contributed by atoms with Gasteiger partial charge in [-0.05, 0) is 31.9 Å². The lowest BCUT2D eigenvalue weighted by Gasteiger charge is -2.10. The van der Waals surface area contributed by atoms with Gasteiger partial charge in [-0.1, -0.05) is 6.92 Å². The minimum absolute atomic E-state index is 0.491. The fraction of sp³-hybridized carbons (Fsp3) is 0.538. The van der Waals surface area contributed by atoms with Gasteiger partial charge in [-0.25, -0.2) is 4.98 Å². The second kappa shape index (κ2) is 5.63. The summed E-state index contributed by atoms with van der Waals surface area (Å²) in [6, 6.07) is 2.06. The molecule has 1 unspecified atom stereocenters. The van der Waals surface area contributed by atoms with E-state index < -0.39 is 6.10 Å². The summed E-state index contributed by atoms with van der Waals surface area (Å²) in [6.07, 6.45) is 2.61. The topological polar surface area (TPSA) is 50.9 Å². The number of hydrogen-bond acceptors (Lipinski definition) is 4. The summed E-state index contributed by atoms with van der Waals surface area (Å²) in [7, 11) is 0. The smallest absolute Gasteiger partial charge is 0.138 e. The Labute approximate surface area is 111 Å². The lowest BCUT2D eigenvalue weighted by Crippen LogP contribution is -2.10. The summed E-state index contributed by atoms with van der Waals surface area (Å²) in [6.45, 7) is 7.07. The van der Waals surface area contributed by atoms with E-state index in [-0.39, 0.29) is 0 Å². The molecule has 4 nitrogen and oxygen atoms in total. The summed E-state index contributed by atoms with van der Waals surface area (Å²) >= 11 is 1.72. The highest BCUT2D eigenvalue weighted by molar-refractivity contribution is 7.12. The molecule has 2 rings (SSSR count). The Morgan fingerprint density at radius 1 is 1.44 bits per heavy atom. The highest BCUT2D eigenvalue weighted by Crippen LogP contribution is 2.28. The molecule has 2 aromatic heterocycles. The van der Waals surface area contributed by atoms with Crippen molar-refractivity contribution in [2.75, 3.05) is 0 Å². The second-order valence-corrected chi connectivity index (χ2v) is 5.95. The predicted molar refractivity (Wildman–Crippen MR) is 72.8 cm³/mol. The number of aryl methyl sites for hydroxylation is 3. The van der Waals surface area contributed by atoms with Crippen molar-refractivity contribution < 1.29 is 5.11 Å². The fourth-order valence-corrected chi connectivity index (χ4v) is 3.09. The van der Waals surface area contributed by atoms with Crippen molar-refractivity contribution in [1.29, 1.82) is 0 Å². The quantitative estimate of drug-likeness (QED) is 0.904. The molecule has 0 saturated carbocycles. The van der Waals surface area contributed by atoms with E-state index in [2.05, 4.69) is 30.0 Å². The largest absolute Gasteiger partial charge is 0.388 e. The molecule has 98 valence electrons. The molecule has 0 saturated heterocycles. The summed E-state index contributed by atoms with van der Waals surface area (Å²) in [5, 5.41) is 14.5. The molecule has 5 heteroatoms.